The number of carbonyl (C=O) groups is 3. The molecule has 1 fully saturated rings. The van der Waals surface area contributed by atoms with Crippen LogP contribution < -0.4 is 16.0 Å². The third kappa shape index (κ3) is 5.76. The second kappa shape index (κ2) is 10.7. The Kier molecular flexibility index (Phi) is 7.49. The Labute approximate surface area is 203 Å². The fourth-order valence-corrected chi connectivity index (χ4v) is 4.30. The molecule has 178 valence electrons. The van der Waals surface area contributed by atoms with Crippen LogP contribution in [0.2, 0.25) is 5.02 Å². The van der Waals surface area contributed by atoms with Gasteiger partial charge in [0.2, 0.25) is 17.7 Å². The molecule has 2 aromatic carbocycles. The summed E-state index contributed by atoms with van der Waals surface area (Å²) in [6.07, 6.45) is 2.18. The van der Waals surface area contributed by atoms with Crippen molar-refractivity contribution in [2.75, 3.05) is 19.6 Å². The summed E-state index contributed by atoms with van der Waals surface area (Å²) in [7, 11) is 0. The minimum absolute atomic E-state index is 0.0320. The van der Waals surface area contributed by atoms with Crippen LogP contribution in [0, 0.1) is 0 Å². The molecular formula is C25H28ClN5O3. The first-order chi connectivity index (χ1) is 16.4. The van der Waals surface area contributed by atoms with Gasteiger partial charge in [-0.25, -0.2) is 0 Å². The van der Waals surface area contributed by atoms with Crippen molar-refractivity contribution in [2.45, 2.75) is 32.0 Å². The van der Waals surface area contributed by atoms with Crippen LogP contribution in [0.4, 0.5) is 0 Å². The van der Waals surface area contributed by atoms with Crippen molar-refractivity contribution >= 4 is 40.2 Å². The van der Waals surface area contributed by atoms with Crippen LogP contribution in [-0.2, 0) is 27.3 Å². The fraction of sp³-hybridized carbons (Fsp3) is 0.320. The van der Waals surface area contributed by atoms with Gasteiger partial charge in [-0.2, -0.15) is 0 Å². The minimum atomic E-state index is -0.789. The van der Waals surface area contributed by atoms with Crippen LogP contribution in [0.15, 0.2) is 54.7 Å². The first kappa shape index (κ1) is 23.8. The lowest BCUT2D eigenvalue weighted by Crippen LogP contribution is -2.57. The van der Waals surface area contributed by atoms with Crippen molar-refractivity contribution in [1.82, 2.24) is 25.8 Å². The number of hydrogen-bond acceptors (Lipinski definition) is 4. The first-order valence-electron chi connectivity index (χ1n) is 11.3. The van der Waals surface area contributed by atoms with Gasteiger partial charge in [0, 0.05) is 47.7 Å². The van der Waals surface area contributed by atoms with Gasteiger partial charge in [-0.05, 0) is 30.2 Å². The smallest absolute Gasteiger partial charge is 0.243 e. The molecule has 1 aromatic heterocycles. The van der Waals surface area contributed by atoms with Crippen molar-refractivity contribution in [2.24, 2.45) is 0 Å². The maximum absolute atomic E-state index is 13.2. The highest BCUT2D eigenvalue weighted by atomic mass is 35.5. The number of benzene rings is 2. The van der Waals surface area contributed by atoms with Gasteiger partial charge >= 0.3 is 0 Å². The summed E-state index contributed by atoms with van der Waals surface area (Å²) in [4.78, 5) is 42.9. The van der Waals surface area contributed by atoms with Gasteiger partial charge in [0.1, 0.15) is 6.04 Å². The number of nitrogens with zero attached hydrogens (tertiary/aromatic N) is 1. The van der Waals surface area contributed by atoms with Crippen molar-refractivity contribution in [3.05, 3.63) is 70.9 Å². The maximum atomic E-state index is 13.2. The van der Waals surface area contributed by atoms with Crippen LogP contribution in [0.5, 0.6) is 0 Å². The number of hydrogen-bond donors (Lipinski definition) is 4. The number of amides is 3. The van der Waals surface area contributed by atoms with E-state index in [-0.39, 0.29) is 43.4 Å². The van der Waals surface area contributed by atoms with Crippen molar-refractivity contribution < 1.29 is 14.4 Å². The maximum Gasteiger partial charge on any atom is 0.243 e. The zero-order chi connectivity index (χ0) is 24.1. The van der Waals surface area contributed by atoms with Crippen molar-refractivity contribution in [3.63, 3.8) is 0 Å². The van der Waals surface area contributed by atoms with E-state index in [1.165, 1.54) is 0 Å². The Morgan fingerprint density at radius 1 is 1.15 bits per heavy atom. The summed E-state index contributed by atoms with van der Waals surface area (Å²) in [5, 5.41) is 10.1. The summed E-state index contributed by atoms with van der Waals surface area (Å²) < 4.78 is 0. The third-order valence-electron chi connectivity index (χ3n) is 6.07. The zero-order valence-electron chi connectivity index (χ0n) is 18.9. The van der Waals surface area contributed by atoms with Crippen LogP contribution in [0.1, 0.15) is 18.1 Å². The lowest BCUT2D eigenvalue weighted by atomic mass is 10.0. The Bertz CT molecular complexity index is 1190. The molecule has 34 heavy (non-hydrogen) atoms. The Hall–Kier alpha value is -3.36. The Balaban J connectivity index is 1.48. The molecule has 0 aliphatic carbocycles. The van der Waals surface area contributed by atoms with E-state index in [1.54, 1.807) is 11.0 Å². The summed E-state index contributed by atoms with van der Waals surface area (Å²) in [5.74, 6) is -0.721. The predicted octanol–water partition coefficient (Wildman–Crippen LogP) is 1.99. The number of aromatic nitrogens is 1. The Morgan fingerprint density at radius 2 is 1.91 bits per heavy atom. The monoisotopic (exact) mass is 481 g/mol. The average Bonchev–Trinajstić information content (AvgIpc) is 3.23. The van der Waals surface area contributed by atoms with E-state index >= 15 is 0 Å². The van der Waals surface area contributed by atoms with Crippen LogP contribution in [0.3, 0.4) is 0 Å². The highest BCUT2D eigenvalue weighted by Crippen LogP contribution is 2.20. The molecule has 0 bridgehead atoms. The number of rotatable bonds is 8. The summed E-state index contributed by atoms with van der Waals surface area (Å²) in [6, 6.07) is 14.4. The number of fused-ring (bicyclic) bond motifs is 1. The van der Waals surface area contributed by atoms with Crippen LogP contribution >= 0.6 is 11.6 Å². The molecule has 4 rings (SSSR count). The summed E-state index contributed by atoms with van der Waals surface area (Å²) >= 11 is 6.22. The standard InChI is InChI=1S/C25H28ClN5O3/c1-16-11-28-23(32)14-31(16)15-24(33)30-22(10-18-13-27-21-9-5-3-7-19(18)21)25(34)29-12-17-6-2-4-8-20(17)26/h2-9,13,16,22,27H,10-12,14-15H2,1H3,(H,28,32)(H,29,34)(H,30,33). The number of halogens is 1. The molecule has 8 nitrogen and oxygen atoms in total. The number of nitrogens with one attached hydrogen (secondary N) is 4. The van der Waals surface area contributed by atoms with E-state index in [1.807, 2.05) is 55.6 Å². The average molecular weight is 482 g/mol. The summed E-state index contributed by atoms with van der Waals surface area (Å²) in [6.45, 7) is 2.88. The molecule has 2 heterocycles. The molecule has 0 saturated carbocycles. The van der Waals surface area contributed by atoms with Gasteiger partial charge in [-0.3, -0.25) is 19.3 Å². The lowest BCUT2D eigenvalue weighted by molar-refractivity contribution is -0.132. The zero-order valence-corrected chi connectivity index (χ0v) is 19.7. The quantitative estimate of drug-likeness (QED) is 0.394. The molecule has 2 atom stereocenters. The van der Waals surface area contributed by atoms with E-state index < -0.39 is 6.04 Å². The van der Waals surface area contributed by atoms with Crippen molar-refractivity contribution in [3.8, 4) is 0 Å². The first-order valence-corrected chi connectivity index (χ1v) is 11.6. The van der Waals surface area contributed by atoms with Gasteiger partial charge < -0.3 is 20.9 Å². The normalized spacial score (nSPS) is 17.2. The van der Waals surface area contributed by atoms with Gasteiger partial charge in [-0.15, -0.1) is 0 Å². The molecular weight excluding hydrogens is 454 g/mol. The molecule has 0 spiro atoms. The van der Waals surface area contributed by atoms with Crippen molar-refractivity contribution in [1.29, 1.82) is 0 Å². The van der Waals surface area contributed by atoms with E-state index in [2.05, 4.69) is 20.9 Å². The lowest BCUT2D eigenvalue weighted by Gasteiger charge is -2.32. The number of piperazine rings is 1. The molecule has 3 aromatic rings. The van der Waals surface area contributed by atoms with E-state index in [9.17, 15) is 14.4 Å². The second-order valence-corrected chi connectivity index (χ2v) is 8.96. The minimum Gasteiger partial charge on any atom is -0.361 e. The number of H-pyrrole nitrogens is 1. The van der Waals surface area contributed by atoms with Gasteiger partial charge in [0.25, 0.3) is 0 Å². The van der Waals surface area contributed by atoms with E-state index in [0.717, 1.165) is 22.0 Å². The van der Waals surface area contributed by atoms with Crippen LogP contribution in [0.25, 0.3) is 10.9 Å². The molecule has 2 unspecified atom stereocenters. The molecule has 1 saturated heterocycles. The molecule has 1 aliphatic rings. The number of aromatic amines is 1. The SMILES string of the molecule is CC1CNC(=O)CN1CC(=O)NC(Cc1c[nH]c2ccccc12)C(=O)NCc1ccccc1Cl. The van der Waals surface area contributed by atoms with Gasteiger partial charge in [0.15, 0.2) is 0 Å². The summed E-state index contributed by atoms with van der Waals surface area (Å²) in [5.41, 5.74) is 2.69. The van der Waals surface area contributed by atoms with Gasteiger partial charge in [-0.1, -0.05) is 48.0 Å². The van der Waals surface area contributed by atoms with Crippen LogP contribution in [-0.4, -0.2) is 59.3 Å². The third-order valence-corrected chi connectivity index (χ3v) is 6.44. The molecule has 9 heteroatoms. The van der Waals surface area contributed by atoms with Gasteiger partial charge in [0.05, 0.1) is 13.1 Å². The molecule has 4 N–H and O–H groups in total. The number of para-hydroxylation sites is 1. The Morgan fingerprint density at radius 3 is 2.74 bits per heavy atom. The van der Waals surface area contributed by atoms with E-state index in [0.29, 0.717) is 18.0 Å². The van der Waals surface area contributed by atoms with E-state index in [4.69, 9.17) is 11.6 Å². The highest BCUT2D eigenvalue weighted by Gasteiger charge is 2.27. The predicted molar refractivity (Wildman–Crippen MR) is 131 cm³/mol. The largest absolute Gasteiger partial charge is 0.361 e. The molecule has 3 amide bonds. The number of carbonyl (C=O) groups excluding carboxylic acids is 3. The molecule has 0 radical (unpaired) electrons. The topological polar surface area (TPSA) is 106 Å². The highest BCUT2D eigenvalue weighted by molar-refractivity contribution is 6.31. The fourth-order valence-electron chi connectivity index (χ4n) is 4.10. The molecule has 1 aliphatic heterocycles. The second-order valence-electron chi connectivity index (χ2n) is 8.55.